The predicted molar refractivity (Wildman–Crippen MR) is 85.3 cm³/mol. The molecule has 0 saturated heterocycles. The van der Waals surface area contributed by atoms with Crippen LogP contribution in [0.5, 0.6) is 5.75 Å². The number of rotatable bonds is 4. The van der Waals surface area contributed by atoms with Crippen LogP contribution in [-0.2, 0) is 0 Å². The first-order valence-corrected chi connectivity index (χ1v) is 6.58. The third kappa shape index (κ3) is 3.40. The topological polar surface area (TPSA) is 97.0 Å². The van der Waals surface area contributed by atoms with Gasteiger partial charge in [0.2, 0.25) is 5.43 Å². The van der Waals surface area contributed by atoms with E-state index in [1.807, 2.05) is 0 Å². The summed E-state index contributed by atoms with van der Waals surface area (Å²) in [5.41, 5.74) is 0.360. The quantitative estimate of drug-likeness (QED) is 0.559. The molecule has 2 N–H and O–H groups in total. The SMILES string of the molecule is O=C(O)c1ccc2c(=O)c3cc(OCCO)ccc3oc2c1.[Na]. The summed E-state index contributed by atoms with van der Waals surface area (Å²) in [4.78, 5) is 23.5. The minimum atomic E-state index is -1.09. The fourth-order valence-electron chi connectivity index (χ4n) is 2.22. The van der Waals surface area contributed by atoms with Gasteiger partial charge in [-0.3, -0.25) is 4.79 Å². The molecule has 1 aromatic heterocycles. The molecular weight excluding hydrogens is 311 g/mol. The number of hydrogen-bond donors (Lipinski definition) is 2. The number of carboxylic acid groups (broad SMARTS) is 1. The number of fused-ring (bicyclic) bond motifs is 2. The molecule has 0 bridgehead atoms. The van der Waals surface area contributed by atoms with Gasteiger partial charge in [-0.15, -0.1) is 0 Å². The van der Waals surface area contributed by atoms with Gasteiger partial charge in [0.1, 0.15) is 23.5 Å². The van der Waals surface area contributed by atoms with Gasteiger partial charge in [0, 0.05) is 29.6 Å². The van der Waals surface area contributed by atoms with Crippen LogP contribution in [-0.4, -0.2) is 59.0 Å². The molecule has 3 aromatic rings. The monoisotopic (exact) mass is 323 g/mol. The van der Waals surface area contributed by atoms with Crippen LogP contribution in [0, 0.1) is 0 Å². The average molecular weight is 323 g/mol. The van der Waals surface area contributed by atoms with Crippen molar-refractivity contribution < 1.29 is 24.2 Å². The number of hydrogen-bond acceptors (Lipinski definition) is 5. The van der Waals surface area contributed by atoms with Crippen LogP contribution in [0.25, 0.3) is 21.9 Å². The second-order valence-electron chi connectivity index (χ2n) is 4.68. The summed E-state index contributed by atoms with van der Waals surface area (Å²) in [6.45, 7) is 0.00865. The molecule has 0 aliphatic heterocycles. The van der Waals surface area contributed by atoms with Crippen LogP contribution < -0.4 is 10.2 Å². The minimum Gasteiger partial charge on any atom is -0.491 e. The van der Waals surface area contributed by atoms with E-state index in [0.717, 1.165) is 0 Å². The molecule has 1 heterocycles. The summed E-state index contributed by atoms with van der Waals surface area (Å²) < 4.78 is 10.9. The minimum absolute atomic E-state index is 0. The van der Waals surface area contributed by atoms with E-state index in [9.17, 15) is 9.59 Å². The van der Waals surface area contributed by atoms with Crippen molar-refractivity contribution in [1.82, 2.24) is 0 Å². The fraction of sp³-hybridized carbons (Fsp3) is 0.125. The Balaban J connectivity index is 0.00000192. The maximum absolute atomic E-state index is 12.5. The number of carbonyl (C=O) groups is 1. The number of aromatic carboxylic acids is 1. The van der Waals surface area contributed by atoms with Gasteiger partial charge in [0.15, 0.2) is 0 Å². The molecule has 23 heavy (non-hydrogen) atoms. The fourth-order valence-corrected chi connectivity index (χ4v) is 2.22. The van der Waals surface area contributed by atoms with Crippen molar-refractivity contribution >= 4 is 57.5 Å². The molecule has 0 aliphatic rings. The van der Waals surface area contributed by atoms with Crippen LogP contribution in [0.4, 0.5) is 0 Å². The summed E-state index contributed by atoms with van der Waals surface area (Å²) in [6, 6.07) is 8.87. The van der Waals surface area contributed by atoms with Crippen LogP contribution >= 0.6 is 0 Å². The smallest absolute Gasteiger partial charge is 0.335 e. The number of aliphatic hydroxyl groups is 1. The summed E-state index contributed by atoms with van der Waals surface area (Å²) in [6.07, 6.45) is 0. The summed E-state index contributed by atoms with van der Waals surface area (Å²) in [7, 11) is 0. The molecule has 1 radical (unpaired) electrons. The molecule has 0 amide bonds. The molecule has 0 saturated carbocycles. The van der Waals surface area contributed by atoms with Gasteiger partial charge in [0.05, 0.1) is 22.9 Å². The molecular formula is C16H12NaO6. The number of carboxylic acids is 1. The second kappa shape index (κ2) is 7.14. The van der Waals surface area contributed by atoms with E-state index in [4.69, 9.17) is 19.4 Å². The third-order valence-corrected chi connectivity index (χ3v) is 3.25. The largest absolute Gasteiger partial charge is 0.491 e. The van der Waals surface area contributed by atoms with Gasteiger partial charge in [-0.05, 0) is 36.4 Å². The molecule has 3 rings (SSSR count). The Hall–Kier alpha value is -1.86. The third-order valence-electron chi connectivity index (χ3n) is 3.25. The Morgan fingerprint density at radius 1 is 1.09 bits per heavy atom. The molecule has 0 atom stereocenters. The van der Waals surface area contributed by atoms with E-state index in [0.29, 0.717) is 22.1 Å². The van der Waals surface area contributed by atoms with Crippen LogP contribution in [0.3, 0.4) is 0 Å². The van der Waals surface area contributed by atoms with E-state index in [-0.39, 0.29) is 59.3 Å². The molecule has 6 nitrogen and oxygen atoms in total. The summed E-state index contributed by atoms with van der Waals surface area (Å²) in [5.74, 6) is -0.632. The Bertz CT molecular complexity index is 931. The Morgan fingerprint density at radius 2 is 1.87 bits per heavy atom. The average Bonchev–Trinajstić information content (AvgIpc) is 2.52. The first-order valence-electron chi connectivity index (χ1n) is 6.58. The maximum atomic E-state index is 12.5. The van der Waals surface area contributed by atoms with E-state index >= 15 is 0 Å². The normalized spacial score (nSPS) is 10.5. The molecule has 2 aromatic carbocycles. The summed E-state index contributed by atoms with van der Waals surface area (Å²) >= 11 is 0. The van der Waals surface area contributed by atoms with Gasteiger partial charge in [-0.2, -0.15) is 0 Å². The number of aliphatic hydroxyl groups excluding tert-OH is 1. The molecule has 113 valence electrons. The molecule has 0 fully saturated rings. The van der Waals surface area contributed by atoms with Crippen molar-refractivity contribution in [3.63, 3.8) is 0 Å². The van der Waals surface area contributed by atoms with Crippen LogP contribution in [0.2, 0.25) is 0 Å². The van der Waals surface area contributed by atoms with Crippen molar-refractivity contribution in [2.75, 3.05) is 13.2 Å². The molecule has 0 spiro atoms. The first-order chi connectivity index (χ1) is 10.6. The van der Waals surface area contributed by atoms with Gasteiger partial charge in [-0.1, -0.05) is 0 Å². The number of ether oxygens (including phenoxy) is 1. The van der Waals surface area contributed by atoms with Gasteiger partial charge in [0.25, 0.3) is 0 Å². The van der Waals surface area contributed by atoms with Crippen molar-refractivity contribution in [3.05, 3.63) is 52.2 Å². The summed E-state index contributed by atoms with van der Waals surface area (Å²) in [5, 5.41) is 18.4. The van der Waals surface area contributed by atoms with Crippen molar-refractivity contribution in [3.8, 4) is 5.75 Å². The Labute approximate surface area is 152 Å². The van der Waals surface area contributed by atoms with E-state index < -0.39 is 5.97 Å². The van der Waals surface area contributed by atoms with E-state index in [1.54, 1.807) is 18.2 Å². The zero-order valence-electron chi connectivity index (χ0n) is 12.4. The van der Waals surface area contributed by atoms with E-state index in [2.05, 4.69) is 0 Å². The standard InChI is InChI=1S/C16H12O6.Na/c17-5-6-21-10-2-4-13-12(8-10)15(18)11-3-1-9(16(19)20)7-14(11)22-13;/h1-4,7-8,17H,5-6H2,(H,19,20);. The maximum Gasteiger partial charge on any atom is 0.335 e. The Kier molecular flexibility index (Phi) is 5.43. The molecule has 0 aliphatic carbocycles. The van der Waals surface area contributed by atoms with Crippen molar-refractivity contribution in [2.45, 2.75) is 0 Å². The van der Waals surface area contributed by atoms with Crippen molar-refractivity contribution in [2.24, 2.45) is 0 Å². The first kappa shape index (κ1) is 17.5. The van der Waals surface area contributed by atoms with Gasteiger partial charge in [-0.25, -0.2) is 4.79 Å². The van der Waals surface area contributed by atoms with Crippen molar-refractivity contribution in [1.29, 1.82) is 0 Å². The van der Waals surface area contributed by atoms with Crippen LogP contribution in [0.15, 0.2) is 45.6 Å². The zero-order valence-corrected chi connectivity index (χ0v) is 14.4. The Morgan fingerprint density at radius 3 is 2.57 bits per heavy atom. The van der Waals surface area contributed by atoms with E-state index in [1.165, 1.54) is 18.2 Å². The number of benzene rings is 2. The predicted octanol–water partition coefficient (Wildman–Crippen LogP) is 1.63. The second-order valence-corrected chi connectivity index (χ2v) is 4.68. The van der Waals surface area contributed by atoms with Crippen LogP contribution in [0.1, 0.15) is 10.4 Å². The van der Waals surface area contributed by atoms with Gasteiger partial charge < -0.3 is 19.4 Å². The zero-order chi connectivity index (χ0) is 15.7. The van der Waals surface area contributed by atoms with Gasteiger partial charge >= 0.3 is 5.97 Å². The molecule has 7 heteroatoms. The molecule has 0 unspecified atom stereocenters.